The smallest absolute Gasteiger partial charge is 0.234 e. The van der Waals surface area contributed by atoms with Crippen LogP contribution in [0.25, 0.3) is 0 Å². The van der Waals surface area contributed by atoms with Crippen LogP contribution in [-0.4, -0.2) is 67.4 Å². The number of halogens is 2. The Kier molecular flexibility index (Phi) is 8.76. The average molecular weight is 443 g/mol. The van der Waals surface area contributed by atoms with Crippen LogP contribution < -0.4 is 10.6 Å². The van der Waals surface area contributed by atoms with E-state index in [4.69, 9.17) is 0 Å². The van der Waals surface area contributed by atoms with Gasteiger partial charge in [-0.05, 0) is 43.3 Å². The van der Waals surface area contributed by atoms with E-state index >= 15 is 0 Å². The summed E-state index contributed by atoms with van der Waals surface area (Å²) in [6, 6.07) is 9.95. The van der Waals surface area contributed by atoms with Crippen LogP contribution >= 0.6 is 24.8 Å². The second-order valence-corrected chi connectivity index (χ2v) is 8.23. The summed E-state index contributed by atoms with van der Waals surface area (Å²) in [5.74, 6) is 0.653. The standard InChI is InChI=1S/C21H30N4O2.2ClH/c26-19(23-15-17-4-2-1-3-5-17)16-24-10-12-25(13-11-24)20(27)18-14-21(18)6-8-22-9-7-21;;/h1-5,18,22H,6-16H2,(H,23,26);2*1H. The SMILES string of the molecule is Cl.Cl.O=C(CN1CCN(C(=O)C2CC23CCNCC3)CC1)NCc1ccccc1. The molecule has 0 radical (unpaired) electrons. The third-order valence-corrected chi connectivity index (χ3v) is 6.47. The minimum absolute atomic E-state index is 0. The molecule has 0 aromatic heterocycles. The number of hydrogen-bond acceptors (Lipinski definition) is 4. The lowest BCUT2D eigenvalue weighted by atomic mass is 9.91. The Morgan fingerprint density at radius 1 is 1.03 bits per heavy atom. The maximum atomic E-state index is 12.8. The summed E-state index contributed by atoms with van der Waals surface area (Å²) < 4.78 is 0. The number of rotatable bonds is 5. The van der Waals surface area contributed by atoms with E-state index in [1.807, 2.05) is 35.2 Å². The first-order valence-electron chi connectivity index (χ1n) is 10.2. The van der Waals surface area contributed by atoms with E-state index < -0.39 is 0 Å². The van der Waals surface area contributed by atoms with Gasteiger partial charge in [-0.3, -0.25) is 14.5 Å². The molecular weight excluding hydrogens is 411 g/mol. The van der Waals surface area contributed by atoms with Crippen molar-refractivity contribution >= 4 is 36.6 Å². The van der Waals surface area contributed by atoms with Crippen molar-refractivity contribution in [1.29, 1.82) is 0 Å². The van der Waals surface area contributed by atoms with Crippen molar-refractivity contribution in [2.24, 2.45) is 11.3 Å². The van der Waals surface area contributed by atoms with Gasteiger partial charge >= 0.3 is 0 Å². The number of hydrogen-bond donors (Lipinski definition) is 2. The number of amides is 2. The maximum Gasteiger partial charge on any atom is 0.234 e. The van der Waals surface area contributed by atoms with Gasteiger partial charge < -0.3 is 15.5 Å². The van der Waals surface area contributed by atoms with E-state index in [1.54, 1.807) is 0 Å². The molecule has 1 saturated carbocycles. The van der Waals surface area contributed by atoms with Gasteiger partial charge in [-0.1, -0.05) is 30.3 Å². The van der Waals surface area contributed by atoms with E-state index in [9.17, 15) is 9.59 Å². The summed E-state index contributed by atoms with van der Waals surface area (Å²) >= 11 is 0. The first-order valence-corrected chi connectivity index (χ1v) is 10.2. The quantitative estimate of drug-likeness (QED) is 0.727. The number of piperazine rings is 1. The Balaban J connectivity index is 0.00000150. The zero-order valence-corrected chi connectivity index (χ0v) is 18.4. The highest BCUT2D eigenvalue weighted by Gasteiger charge is 2.58. The van der Waals surface area contributed by atoms with Gasteiger partial charge in [-0.2, -0.15) is 0 Å². The highest BCUT2D eigenvalue weighted by atomic mass is 35.5. The van der Waals surface area contributed by atoms with Crippen LogP contribution in [0.4, 0.5) is 0 Å². The molecule has 4 rings (SSSR count). The minimum Gasteiger partial charge on any atom is -0.351 e. The molecular formula is C21H32Cl2N4O2. The van der Waals surface area contributed by atoms with Crippen LogP contribution in [0.2, 0.25) is 0 Å². The molecule has 29 heavy (non-hydrogen) atoms. The first kappa shape index (κ1) is 23.9. The normalized spacial score (nSPS) is 22.9. The second-order valence-electron chi connectivity index (χ2n) is 8.23. The van der Waals surface area contributed by atoms with E-state index in [0.29, 0.717) is 24.4 Å². The van der Waals surface area contributed by atoms with Crippen LogP contribution in [0.1, 0.15) is 24.8 Å². The Labute approximate surface area is 185 Å². The summed E-state index contributed by atoms with van der Waals surface area (Å²) in [5, 5.41) is 6.37. The van der Waals surface area contributed by atoms with Gasteiger partial charge in [0.05, 0.1) is 6.54 Å². The van der Waals surface area contributed by atoms with Gasteiger partial charge in [-0.15, -0.1) is 24.8 Å². The zero-order chi connectivity index (χ0) is 18.7. The molecule has 1 aromatic carbocycles. The lowest BCUT2D eigenvalue weighted by molar-refractivity contribution is -0.135. The summed E-state index contributed by atoms with van der Waals surface area (Å²) in [4.78, 5) is 29.2. The van der Waals surface area contributed by atoms with Crippen LogP contribution in [0.3, 0.4) is 0 Å². The molecule has 6 nitrogen and oxygen atoms in total. The molecule has 1 aromatic rings. The van der Waals surface area contributed by atoms with Crippen molar-refractivity contribution in [3.8, 4) is 0 Å². The summed E-state index contributed by atoms with van der Waals surface area (Å²) in [7, 11) is 0. The van der Waals surface area contributed by atoms with Gasteiger partial charge in [0.15, 0.2) is 0 Å². The molecule has 2 amide bonds. The summed E-state index contributed by atoms with van der Waals surface area (Å²) in [6.45, 7) is 6.14. The fourth-order valence-corrected chi connectivity index (χ4v) is 4.58. The molecule has 3 fully saturated rings. The topological polar surface area (TPSA) is 64.7 Å². The number of carbonyl (C=O) groups is 2. The molecule has 8 heteroatoms. The molecule has 2 heterocycles. The lowest BCUT2D eigenvalue weighted by Gasteiger charge is -2.35. The van der Waals surface area contributed by atoms with Crippen LogP contribution in [0, 0.1) is 11.3 Å². The third kappa shape index (κ3) is 5.85. The third-order valence-electron chi connectivity index (χ3n) is 6.47. The van der Waals surface area contributed by atoms with Crippen LogP contribution in [0.15, 0.2) is 30.3 Å². The Morgan fingerprint density at radius 3 is 2.34 bits per heavy atom. The van der Waals surface area contributed by atoms with Crippen molar-refractivity contribution in [3.05, 3.63) is 35.9 Å². The Bertz CT molecular complexity index is 675. The summed E-state index contributed by atoms with van der Waals surface area (Å²) in [6.07, 6.45) is 3.37. The van der Waals surface area contributed by atoms with Crippen molar-refractivity contribution in [3.63, 3.8) is 0 Å². The van der Waals surface area contributed by atoms with Gasteiger partial charge in [0, 0.05) is 38.6 Å². The predicted octanol–water partition coefficient (Wildman–Crippen LogP) is 1.68. The van der Waals surface area contributed by atoms with E-state index in [-0.39, 0.29) is 36.6 Å². The second kappa shape index (κ2) is 10.6. The maximum absolute atomic E-state index is 12.8. The Morgan fingerprint density at radius 2 is 1.69 bits per heavy atom. The number of benzene rings is 1. The van der Waals surface area contributed by atoms with Gasteiger partial charge in [0.25, 0.3) is 0 Å². The highest BCUT2D eigenvalue weighted by molar-refractivity contribution is 5.85. The first-order chi connectivity index (χ1) is 13.2. The largest absolute Gasteiger partial charge is 0.351 e. The molecule has 2 aliphatic heterocycles. The molecule has 2 N–H and O–H groups in total. The lowest BCUT2D eigenvalue weighted by Crippen LogP contribution is -2.51. The predicted molar refractivity (Wildman–Crippen MR) is 118 cm³/mol. The molecule has 1 unspecified atom stereocenters. The van der Waals surface area contributed by atoms with Gasteiger partial charge in [0.1, 0.15) is 0 Å². The molecule has 2 saturated heterocycles. The van der Waals surface area contributed by atoms with Crippen molar-refractivity contribution < 1.29 is 9.59 Å². The molecule has 1 atom stereocenters. The highest BCUT2D eigenvalue weighted by Crippen LogP contribution is 2.59. The average Bonchev–Trinajstić information content (AvgIpc) is 3.40. The molecule has 162 valence electrons. The van der Waals surface area contributed by atoms with E-state index in [0.717, 1.165) is 64.1 Å². The van der Waals surface area contributed by atoms with E-state index in [1.165, 1.54) is 0 Å². The zero-order valence-electron chi connectivity index (χ0n) is 16.8. The molecule has 1 spiro atoms. The van der Waals surface area contributed by atoms with E-state index in [2.05, 4.69) is 15.5 Å². The minimum atomic E-state index is 0. The van der Waals surface area contributed by atoms with Crippen molar-refractivity contribution in [1.82, 2.24) is 20.4 Å². The Hall–Kier alpha value is -1.34. The number of nitrogens with one attached hydrogen (secondary N) is 2. The number of piperidine rings is 1. The van der Waals surface area contributed by atoms with Gasteiger partial charge in [-0.25, -0.2) is 0 Å². The number of nitrogens with zero attached hydrogens (tertiary/aromatic N) is 2. The molecule has 3 aliphatic rings. The summed E-state index contributed by atoms with van der Waals surface area (Å²) in [5.41, 5.74) is 1.41. The van der Waals surface area contributed by atoms with Crippen molar-refractivity contribution in [2.75, 3.05) is 45.8 Å². The molecule has 1 aliphatic carbocycles. The van der Waals surface area contributed by atoms with Crippen LogP contribution in [0.5, 0.6) is 0 Å². The number of carbonyl (C=O) groups excluding carboxylic acids is 2. The van der Waals surface area contributed by atoms with Crippen molar-refractivity contribution in [2.45, 2.75) is 25.8 Å². The monoisotopic (exact) mass is 442 g/mol. The molecule has 0 bridgehead atoms. The fraction of sp³-hybridized carbons (Fsp3) is 0.619. The van der Waals surface area contributed by atoms with Gasteiger partial charge in [0.2, 0.25) is 11.8 Å². The van der Waals surface area contributed by atoms with Crippen LogP contribution in [-0.2, 0) is 16.1 Å². The fourth-order valence-electron chi connectivity index (χ4n) is 4.58.